The lowest BCUT2D eigenvalue weighted by molar-refractivity contribution is -0.112. The minimum Gasteiger partial charge on any atom is -0.493 e. The van der Waals surface area contributed by atoms with E-state index in [0.717, 1.165) is 11.1 Å². The van der Waals surface area contributed by atoms with Crippen LogP contribution >= 0.6 is 0 Å². The first-order valence-corrected chi connectivity index (χ1v) is 10.0. The number of nitriles is 1. The summed E-state index contributed by atoms with van der Waals surface area (Å²) in [5.41, 5.74) is 3.08. The van der Waals surface area contributed by atoms with E-state index in [1.807, 2.05) is 31.2 Å². The second-order valence-corrected chi connectivity index (χ2v) is 7.14. The van der Waals surface area contributed by atoms with Crippen LogP contribution in [0.5, 0.6) is 11.5 Å². The number of benzene rings is 3. The normalized spacial score (nSPS) is 10.8. The Labute approximate surface area is 191 Å². The van der Waals surface area contributed by atoms with Crippen molar-refractivity contribution >= 4 is 23.6 Å². The Morgan fingerprint density at radius 3 is 2.42 bits per heavy atom. The number of amides is 1. The summed E-state index contributed by atoms with van der Waals surface area (Å²) in [5, 5.41) is 21.2. The summed E-state index contributed by atoms with van der Waals surface area (Å²) in [6.45, 7) is 2.09. The Bertz CT molecular complexity index is 1240. The van der Waals surface area contributed by atoms with Crippen molar-refractivity contribution in [3.8, 4) is 17.6 Å². The number of hydrogen-bond acceptors (Lipinski definition) is 5. The zero-order chi connectivity index (χ0) is 23.8. The summed E-state index contributed by atoms with van der Waals surface area (Å²) in [5.74, 6) is -0.588. The highest BCUT2D eigenvalue weighted by molar-refractivity contribution is 6.10. The molecule has 0 fully saturated rings. The van der Waals surface area contributed by atoms with E-state index in [9.17, 15) is 14.9 Å². The van der Waals surface area contributed by atoms with E-state index in [0.29, 0.717) is 22.7 Å². The van der Waals surface area contributed by atoms with Gasteiger partial charge in [-0.25, -0.2) is 4.79 Å². The number of para-hydroxylation sites is 1. The molecule has 0 heterocycles. The molecule has 0 atom stereocenters. The van der Waals surface area contributed by atoms with Gasteiger partial charge in [0.2, 0.25) is 0 Å². The fraction of sp³-hybridized carbons (Fsp3) is 0.115. The minimum atomic E-state index is -0.989. The average molecular weight is 442 g/mol. The first-order valence-electron chi connectivity index (χ1n) is 10.0. The van der Waals surface area contributed by atoms with Crippen LogP contribution in [0.15, 0.2) is 72.3 Å². The third-order valence-electron chi connectivity index (χ3n) is 4.85. The van der Waals surface area contributed by atoms with Crippen molar-refractivity contribution in [1.82, 2.24) is 0 Å². The number of anilines is 1. The van der Waals surface area contributed by atoms with Gasteiger partial charge in [-0.05, 0) is 60.0 Å². The standard InChI is InChI=1S/C26H22N2O5/c1-17-5-3-4-6-22(17)28-25(29)21(15-27)13-19-9-12-23(24(14-19)32-2)33-16-18-7-10-20(11-8-18)26(30)31/h3-14H,16H2,1-2H3,(H,28,29)(H,30,31)/b21-13-. The number of carboxylic acids is 1. The molecule has 3 aromatic rings. The third kappa shape index (κ3) is 5.99. The van der Waals surface area contributed by atoms with Gasteiger partial charge in [-0.2, -0.15) is 5.26 Å². The van der Waals surface area contributed by atoms with Crippen LogP contribution in [0.3, 0.4) is 0 Å². The average Bonchev–Trinajstić information content (AvgIpc) is 2.83. The molecule has 0 spiro atoms. The van der Waals surface area contributed by atoms with Gasteiger partial charge >= 0.3 is 5.97 Å². The van der Waals surface area contributed by atoms with Gasteiger partial charge < -0.3 is 19.9 Å². The number of carbonyl (C=O) groups is 2. The summed E-state index contributed by atoms with van der Waals surface area (Å²) in [6, 6.07) is 20.7. The van der Waals surface area contributed by atoms with Crippen molar-refractivity contribution in [1.29, 1.82) is 5.26 Å². The molecule has 3 rings (SSSR count). The van der Waals surface area contributed by atoms with Crippen LogP contribution in [0.2, 0.25) is 0 Å². The highest BCUT2D eigenvalue weighted by Crippen LogP contribution is 2.30. The maximum atomic E-state index is 12.6. The van der Waals surface area contributed by atoms with Gasteiger partial charge in [-0.1, -0.05) is 36.4 Å². The predicted octanol–water partition coefficient (Wildman–Crippen LogP) is 4.83. The summed E-state index contributed by atoms with van der Waals surface area (Å²) < 4.78 is 11.2. The molecule has 0 aliphatic carbocycles. The van der Waals surface area contributed by atoms with Crippen LogP contribution in [-0.4, -0.2) is 24.1 Å². The van der Waals surface area contributed by atoms with Crippen LogP contribution in [0.1, 0.15) is 27.0 Å². The van der Waals surface area contributed by atoms with Crippen molar-refractivity contribution < 1.29 is 24.2 Å². The molecule has 1 amide bonds. The van der Waals surface area contributed by atoms with Gasteiger partial charge in [0.05, 0.1) is 12.7 Å². The third-order valence-corrected chi connectivity index (χ3v) is 4.85. The Kier molecular flexibility index (Phi) is 7.45. The van der Waals surface area contributed by atoms with Gasteiger partial charge in [0.1, 0.15) is 18.2 Å². The molecule has 0 saturated heterocycles. The zero-order valence-corrected chi connectivity index (χ0v) is 18.2. The molecule has 7 nitrogen and oxygen atoms in total. The van der Waals surface area contributed by atoms with Crippen LogP contribution in [-0.2, 0) is 11.4 Å². The van der Waals surface area contributed by atoms with E-state index >= 15 is 0 Å². The Hall–Kier alpha value is -4.57. The number of carboxylic acid groups (broad SMARTS) is 1. The SMILES string of the molecule is COc1cc(/C=C(/C#N)C(=O)Nc2ccccc2C)ccc1OCc1ccc(C(=O)O)cc1. The van der Waals surface area contributed by atoms with Crippen molar-refractivity contribution in [2.24, 2.45) is 0 Å². The molecule has 2 N–H and O–H groups in total. The number of carbonyl (C=O) groups excluding carboxylic acids is 1. The molecule has 0 bridgehead atoms. The lowest BCUT2D eigenvalue weighted by Crippen LogP contribution is -2.14. The number of nitrogens with zero attached hydrogens (tertiary/aromatic N) is 1. The second kappa shape index (κ2) is 10.6. The van der Waals surface area contributed by atoms with E-state index in [1.165, 1.54) is 25.3 Å². The molecule has 0 saturated carbocycles. The van der Waals surface area contributed by atoms with Gasteiger partial charge in [-0.15, -0.1) is 0 Å². The van der Waals surface area contributed by atoms with Crippen LogP contribution < -0.4 is 14.8 Å². The van der Waals surface area contributed by atoms with Crippen molar-refractivity contribution in [2.45, 2.75) is 13.5 Å². The van der Waals surface area contributed by atoms with Crippen molar-refractivity contribution in [3.63, 3.8) is 0 Å². The monoisotopic (exact) mass is 442 g/mol. The molecule has 166 valence electrons. The van der Waals surface area contributed by atoms with Crippen molar-refractivity contribution in [3.05, 3.63) is 94.6 Å². The van der Waals surface area contributed by atoms with Gasteiger partial charge in [0.25, 0.3) is 5.91 Å². The first kappa shape index (κ1) is 23.1. The number of aromatic carboxylic acids is 1. The maximum absolute atomic E-state index is 12.6. The Morgan fingerprint density at radius 2 is 1.79 bits per heavy atom. The molecular formula is C26H22N2O5. The molecule has 0 aliphatic heterocycles. The van der Waals surface area contributed by atoms with Gasteiger partial charge in [-0.3, -0.25) is 4.79 Å². The molecule has 0 aliphatic rings. The van der Waals surface area contributed by atoms with Gasteiger partial charge in [0, 0.05) is 5.69 Å². The Balaban J connectivity index is 1.74. The molecule has 0 unspecified atom stereocenters. The topological polar surface area (TPSA) is 109 Å². The highest BCUT2D eigenvalue weighted by Gasteiger charge is 2.12. The molecular weight excluding hydrogens is 420 g/mol. The van der Waals surface area contributed by atoms with E-state index in [4.69, 9.17) is 14.6 Å². The molecule has 0 radical (unpaired) electrons. The molecule has 0 aromatic heterocycles. The van der Waals surface area contributed by atoms with Crippen molar-refractivity contribution in [2.75, 3.05) is 12.4 Å². The summed E-state index contributed by atoms with van der Waals surface area (Å²) in [6.07, 6.45) is 1.48. The summed E-state index contributed by atoms with van der Waals surface area (Å²) in [7, 11) is 1.49. The second-order valence-electron chi connectivity index (χ2n) is 7.14. The van der Waals surface area contributed by atoms with Crippen LogP contribution in [0, 0.1) is 18.3 Å². The lowest BCUT2D eigenvalue weighted by atomic mass is 10.1. The Morgan fingerprint density at radius 1 is 1.06 bits per heavy atom. The largest absolute Gasteiger partial charge is 0.493 e. The minimum absolute atomic E-state index is 0.0486. The zero-order valence-electron chi connectivity index (χ0n) is 18.2. The number of methoxy groups -OCH3 is 1. The van der Waals surface area contributed by atoms with Crippen LogP contribution in [0.25, 0.3) is 6.08 Å². The fourth-order valence-corrected chi connectivity index (χ4v) is 3.02. The highest BCUT2D eigenvalue weighted by atomic mass is 16.5. The number of ether oxygens (including phenoxy) is 2. The van der Waals surface area contributed by atoms with E-state index in [1.54, 1.807) is 36.4 Å². The lowest BCUT2D eigenvalue weighted by Gasteiger charge is -2.12. The maximum Gasteiger partial charge on any atom is 0.335 e. The number of nitrogens with one attached hydrogen (secondary N) is 1. The predicted molar refractivity (Wildman–Crippen MR) is 124 cm³/mol. The first-order chi connectivity index (χ1) is 15.9. The van der Waals surface area contributed by atoms with E-state index < -0.39 is 11.9 Å². The quantitative estimate of drug-likeness (QED) is 0.382. The summed E-state index contributed by atoms with van der Waals surface area (Å²) >= 11 is 0. The number of hydrogen-bond donors (Lipinski definition) is 2. The number of rotatable bonds is 8. The van der Waals surface area contributed by atoms with E-state index in [-0.39, 0.29) is 17.7 Å². The number of aryl methyl sites for hydroxylation is 1. The van der Waals surface area contributed by atoms with E-state index in [2.05, 4.69) is 5.32 Å². The summed E-state index contributed by atoms with van der Waals surface area (Å²) in [4.78, 5) is 23.5. The van der Waals surface area contributed by atoms with Crippen LogP contribution in [0.4, 0.5) is 5.69 Å². The molecule has 7 heteroatoms. The van der Waals surface area contributed by atoms with Gasteiger partial charge in [0.15, 0.2) is 11.5 Å². The molecule has 33 heavy (non-hydrogen) atoms. The fourth-order valence-electron chi connectivity index (χ4n) is 3.02. The smallest absolute Gasteiger partial charge is 0.335 e. The molecule has 3 aromatic carbocycles.